The molecule has 0 spiro atoms. The quantitative estimate of drug-likeness (QED) is 0.750. The number of carbonyl (C=O) groups is 1. The van der Waals surface area contributed by atoms with Gasteiger partial charge in [-0.2, -0.15) is 0 Å². The Balaban J connectivity index is 1.61. The zero-order valence-corrected chi connectivity index (χ0v) is 16.5. The van der Waals surface area contributed by atoms with Gasteiger partial charge < -0.3 is 24.5 Å². The lowest BCUT2D eigenvalue weighted by atomic mass is 9.78. The predicted molar refractivity (Wildman–Crippen MR) is 108 cm³/mol. The molecular weight excluding hydrogens is 357 g/mol. The highest BCUT2D eigenvalue weighted by molar-refractivity contribution is 6.62. The first-order chi connectivity index (χ1) is 13.3. The van der Waals surface area contributed by atoms with Crippen LogP contribution in [0.4, 0.5) is 4.79 Å². The highest BCUT2D eigenvalue weighted by Gasteiger charge is 2.38. The van der Waals surface area contributed by atoms with Gasteiger partial charge in [0.1, 0.15) is 11.4 Å². The van der Waals surface area contributed by atoms with Crippen LogP contribution in [0.5, 0.6) is 5.75 Å². The van der Waals surface area contributed by atoms with Gasteiger partial charge in [-0.25, -0.2) is 4.79 Å². The molecule has 1 heterocycles. The third-order valence-electron chi connectivity index (χ3n) is 4.31. The summed E-state index contributed by atoms with van der Waals surface area (Å²) in [5.41, 5.74) is 2.04. The van der Waals surface area contributed by atoms with Crippen molar-refractivity contribution in [2.45, 2.75) is 38.9 Å². The summed E-state index contributed by atoms with van der Waals surface area (Å²) in [7, 11) is -1.09. The number of alkyl carbamates (subject to hydrolysis) is 1. The van der Waals surface area contributed by atoms with E-state index in [0.717, 1.165) is 12.0 Å². The van der Waals surface area contributed by atoms with Gasteiger partial charge in [-0.1, -0.05) is 42.5 Å². The largest absolute Gasteiger partial charge is 0.495 e. The molecule has 0 saturated carbocycles. The Labute approximate surface area is 166 Å². The molecule has 2 aromatic rings. The summed E-state index contributed by atoms with van der Waals surface area (Å²) in [4.78, 5) is 11.9. The molecule has 0 saturated heterocycles. The minimum absolute atomic E-state index is 0.201. The molecule has 1 unspecified atom stereocenters. The van der Waals surface area contributed by atoms with E-state index in [9.17, 15) is 9.82 Å². The minimum atomic E-state index is -1.09. The number of ether oxygens (including phenoxy) is 2. The molecule has 2 aromatic carbocycles. The maximum atomic E-state index is 11.9. The number of rotatable bonds is 6. The first-order valence-electron chi connectivity index (χ1n) is 9.43. The zero-order chi connectivity index (χ0) is 20.1. The molecule has 1 amide bonds. The van der Waals surface area contributed by atoms with E-state index in [2.05, 4.69) is 17.4 Å². The summed E-state index contributed by atoms with van der Waals surface area (Å²) in [6, 6.07) is 15.6. The highest BCUT2D eigenvalue weighted by atomic mass is 16.6. The van der Waals surface area contributed by atoms with E-state index < -0.39 is 24.9 Å². The standard InChI is InChI=1S/C21H26BNO5/c1-21(2,3)27-20(24)23-14-18-16-10-7-11-17(19(16)22(25)28-18)26-13-12-15-8-5-4-6-9-15/h4-11,18,25H,12-14H2,1-3H3,(H,23,24). The maximum Gasteiger partial charge on any atom is 0.495 e. The highest BCUT2D eigenvalue weighted by Crippen LogP contribution is 2.27. The van der Waals surface area contributed by atoms with Crippen molar-refractivity contribution in [2.75, 3.05) is 13.2 Å². The number of carbonyl (C=O) groups excluding carboxylic acids is 1. The molecule has 6 nitrogen and oxygen atoms in total. The molecule has 2 N–H and O–H groups in total. The van der Waals surface area contributed by atoms with Gasteiger partial charge in [0.15, 0.2) is 0 Å². The fourth-order valence-corrected chi connectivity index (χ4v) is 3.10. The van der Waals surface area contributed by atoms with Crippen molar-refractivity contribution in [3.05, 3.63) is 59.7 Å². The Morgan fingerprint density at radius 1 is 1.18 bits per heavy atom. The SMILES string of the molecule is CC(C)(C)OC(=O)NCC1OB(O)c2c(OCCc3ccccc3)cccc21. The molecule has 28 heavy (non-hydrogen) atoms. The maximum absolute atomic E-state index is 11.9. The summed E-state index contributed by atoms with van der Waals surface area (Å²) in [5.74, 6) is 0.598. The van der Waals surface area contributed by atoms with Crippen LogP contribution in [0.25, 0.3) is 0 Å². The average molecular weight is 383 g/mol. The summed E-state index contributed by atoms with van der Waals surface area (Å²) >= 11 is 0. The Bertz CT molecular complexity index is 806. The molecule has 1 aliphatic rings. The van der Waals surface area contributed by atoms with Gasteiger partial charge in [0.2, 0.25) is 0 Å². The Morgan fingerprint density at radius 3 is 2.64 bits per heavy atom. The van der Waals surface area contributed by atoms with Crippen LogP contribution in [0.2, 0.25) is 0 Å². The van der Waals surface area contributed by atoms with Crippen LogP contribution in [-0.4, -0.2) is 37.0 Å². The first-order valence-corrected chi connectivity index (χ1v) is 9.43. The van der Waals surface area contributed by atoms with E-state index in [4.69, 9.17) is 14.1 Å². The van der Waals surface area contributed by atoms with Crippen molar-refractivity contribution in [3.63, 3.8) is 0 Å². The van der Waals surface area contributed by atoms with Crippen LogP contribution in [0.3, 0.4) is 0 Å². The number of benzene rings is 2. The van der Waals surface area contributed by atoms with E-state index in [-0.39, 0.29) is 6.54 Å². The molecular formula is C21H26BNO5. The van der Waals surface area contributed by atoms with Crippen LogP contribution in [0.1, 0.15) is 38.0 Å². The third kappa shape index (κ3) is 5.27. The van der Waals surface area contributed by atoms with E-state index in [0.29, 0.717) is 17.8 Å². The number of hydrogen-bond donors (Lipinski definition) is 2. The van der Waals surface area contributed by atoms with Crippen molar-refractivity contribution < 1.29 is 23.9 Å². The van der Waals surface area contributed by atoms with Gasteiger partial charge in [-0.3, -0.25) is 0 Å². The monoisotopic (exact) mass is 383 g/mol. The van der Waals surface area contributed by atoms with Crippen molar-refractivity contribution >= 4 is 18.7 Å². The summed E-state index contributed by atoms with van der Waals surface area (Å²) in [6.07, 6.45) is -0.213. The van der Waals surface area contributed by atoms with Gasteiger partial charge in [-0.05, 0) is 38.0 Å². The molecule has 0 bridgehead atoms. The minimum Gasteiger partial charge on any atom is -0.494 e. The van der Waals surface area contributed by atoms with Crippen LogP contribution >= 0.6 is 0 Å². The van der Waals surface area contributed by atoms with Crippen molar-refractivity contribution in [3.8, 4) is 5.75 Å². The lowest BCUT2D eigenvalue weighted by molar-refractivity contribution is 0.0498. The summed E-state index contributed by atoms with van der Waals surface area (Å²) < 4.78 is 16.8. The van der Waals surface area contributed by atoms with Crippen molar-refractivity contribution in [1.82, 2.24) is 5.32 Å². The van der Waals surface area contributed by atoms with E-state index in [1.807, 2.05) is 36.4 Å². The smallest absolute Gasteiger partial charge is 0.494 e. The molecule has 1 aliphatic heterocycles. The topological polar surface area (TPSA) is 77.0 Å². The Kier molecular flexibility index (Phi) is 6.26. The second-order valence-electron chi connectivity index (χ2n) is 7.70. The number of fused-ring (bicyclic) bond motifs is 1. The molecule has 1 atom stereocenters. The third-order valence-corrected chi connectivity index (χ3v) is 4.31. The summed E-state index contributed by atoms with van der Waals surface area (Å²) in [6.45, 7) is 6.10. The molecule has 3 rings (SSSR count). The average Bonchev–Trinajstić information content (AvgIpc) is 2.96. The van der Waals surface area contributed by atoms with Crippen LogP contribution < -0.4 is 15.5 Å². The van der Waals surface area contributed by atoms with Gasteiger partial charge in [-0.15, -0.1) is 0 Å². The predicted octanol–water partition coefficient (Wildman–Crippen LogP) is 2.59. The normalized spacial score (nSPS) is 15.9. The van der Waals surface area contributed by atoms with Gasteiger partial charge in [0, 0.05) is 18.4 Å². The summed E-state index contributed by atoms with van der Waals surface area (Å²) in [5, 5.41) is 13.0. The van der Waals surface area contributed by atoms with Gasteiger partial charge >= 0.3 is 13.2 Å². The fourth-order valence-electron chi connectivity index (χ4n) is 3.10. The lowest BCUT2D eigenvalue weighted by Gasteiger charge is -2.21. The second kappa shape index (κ2) is 8.67. The Hall–Kier alpha value is -2.51. The first kappa shape index (κ1) is 20.2. The molecule has 0 aliphatic carbocycles. The molecule has 148 valence electrons. The number of nitrogens with one attached hydrogen (secondary N) is 1. The van der Waals surface area contributed by atoms with Crippen LogP contribution in [-0.2, 0) is 15.8 Å². The van der Waals surface area contributed by atoms with Crippen LogP contribution in [0.15, 0.2) is 48.5 Å². The fraction of sp³-hybridized carbons (Fsp3) is 0.381. The van der Waals surface area contributed by atoms with Gasteiger partial charge in [0.05, 0.1) is 12.7 Å². The van der Waals surface area contributed by atoms with E-state index in [1.54, 1.807) is 20.8 Å². The molecule has 7 heteroatoms. The van der Waals surface area contributed by atoms with E-state index >= 15 is 0 Å². The number of hydrogen-bond acceptors (Lipinski definition) is 5. The lowest BCUT2D eigenvalue weighted by Crippen LogP contribution is -2.35. The second-order valence-corrected chi connectivity index (χ2v) is 7.70. The van der Waals surface area contributed by atoms with Gasteiger partial charge in [0.25, 0.3) is 0 Å². The zero-order valence-electron chi connectivity index (χ0n) is 16.5. The number of amides is 1. The Morgan fingerprint density at radius 2 is 1.93 bits per heavy atom. The molecule has 0 fully saturated rings. The van der Waals surface area contributed by atoms with Crippen molar-refractivity contribution in [2.24, 2.45) is 0 Å². The molecule has 0 aromatic heterocycles. The van der Waals surface area contributed by atoms with Crippen LogP contribution in [0, 0.1) is 0 Å². The molecule has 0 radical (unpaired) electrons. The van der Waals surface area contributed by atoms with Crippen molar-refractivity contribution in [1.29, 1.82) is 0 Å². The van der Waals surface area contributed by atoms with E-state index in [1.165, 1.54) is 5.56 Å².